The molecule has 0 fully saturated rings. The van der Waals surface area contributed by atoms with Crippen molar-refractivity contribution in [2.24, 2.45) is 0 Å². The smallest absolute Gasteiger partial charge is 0.366 e. The summed E-state index contributed by atoms with van der Waals surface area (Å²) in [5, 5.41) is 16.1. The Labute approximate surface area is 65.6 Å². The molecule has 7 heteroatoms. The lowest BCUT2D eigenvalue weighted by atomic mass is 10.4. The normalized spacial score (nSPS) is 14.0. The van der Waals surface area contributed by atoms with Gasteiger partial charge in [0.1, 0.15) is 6.61 Å². The average molecular weight is 192 g/mol. The molecule has 74 valence electrons. The molecule has 0 aliphatic heterocycles. The molecule has 0 aromatic heterocycles. The molecule has 0 aromatic rings. The monoisotopic (exact) mass is 192 g/mol. The molecular formula is C5H8F4O3. The van der Waals surface area contributed by atoms with Gasteiger partial charge in [-0.1, -0.05) is 0 Å². The number of halogens is 4. The number of hydrogen-bond donors (Lipinski definition) is 2. The Morgan fingerprint density at radius 2 is 1.67 bits per heavy atom. The summed E-state index contributed by atoms with van der Waals surface area (Å²) in [6.45, 7) is -1.30. The maximum absolute atomic E-state index is 12.1. The Balaban J connectivity index is 4.05. The van der Waals surface area contributed by atoms with Gasteiger partial charge in [-0.3, -0.25) is 0 Å². The van der Waals surface area contributed by atoms with Crippen molar-refractivity contribution in [3.8, 4) is 0 Å². The van der Waals surface area contributed by atoms with Crippen LogP contribution in [0.4, 0.5) is 17.6 Å². The van der Waals surface area contributed by atoms with Gasteiger partial charge in [0.05, 0.1) is 0 Å². The van der Waals surface area contributed by atoms with Gasteiger partial charge in [-0.25, -0.2) is 0 Å². The molecule has 0 aliphatic rings. The van der Waals surface area contributed by atoms with Crippen LogP contribution >= 0.6 is 0 Å². The molecule has 12 heavy (non-hydrogen) atoms. The molecule has 0 aromatic carbocycles. The van der Waals surface area contributed by atoms with E-state index in [4.69, 9.17) is 10.2 Å². The minimum absolute atomic E-state index is 0.0310. The number of alkyl halides is 4. The first-order chi connectivity index (χ1) is 5.17. The minimum Gasteiger partial charge on any atom is -0.366 e. The molecule has 0 spiro atoms. The molecule has 0 saturated carbocycles. The molecule has 0 rings (SSSR count). The fourth-order valence-corrected chi connectivity index (χ4v) is 0.306. The highest BCUT2D eigenvalue weighted by molar-refractivity contribution is 4.70. The van der Waals surface area contributed by atoms with Gasteiger partial charge < -0.3 is 14.9 Å². The van der Waals surface area contributed by atoms with Crippen molar-refractivity contribution in [1.82, 2.24) is 0 Å². The van der Waals surface area contributed by atoms with Crippen LogP contribution in [-0.2, 0) is 4.74 Å². The number of aliphatic hydroxyl groups excluding tert-OH is 1. The summed E-state index contributed by atoms with van der Waals surface area (Å²) < 4.78 is 51.3. The van der Waals surface area contributed by atoms with Crippen LogP contribution < -0.4 is 0 Å². The third-order valence-electron chi connectivity index (χ3n) is 0.925. The predicted molar refractivity (Wildman–Crippen MR) is 29.7 cm³/mol. The number of rotatable bonds is 4. The molecule has 0 aliphatic carbocycles. The second-order valence-corrected chi connectivity index (χ2v) is 2.20. The summed E-state index contributed by atoms with van der Waals surface area (Å²) in [4.78, 5) is 0. The second kappa shape index (κ2) is 3.55. The molecule has 0 amide bonds. The Hall–Kier alpha value is -0.400. The third kappa shape index (κ3) is 3.33. The van der Waals surface area contributed by atoms with Crippen LogP contribution in [0.25, 0.3) is 0 Å². The maximum Gasteiger partial charge on any atom is 0.419 e. The number of ether oxygens (including phenoxy) is 1. The molecule has 2 N–H and O–H groups in total. The van der Waals surface area contributed by atoms with Gasteiger partial charge in [-0.15, -0.1) is 0 Å². The fourth-order valence-electron chi connectivity index (χ4n) is 0.306. The minimum atomic E-state index is -4.68. The highest BCUT2D eigenvalue weighted by Gasteiger charge is 2.54. The fraction of sp³-hybridized carbons (Fsp3) is 1.00. The zero-order chi connectivity index (χ0) is 9.99. The first-order valence-electron chi connectivity index (χ1n) is 2.92. The summed E-state index contributed by atoms with van der Waals surface area (Å²) >= 11 is 0. The Bertz CT molecular complexity index is 142. The molecule has 0 unspecified atom stereocenters. The van der Waals surface area contributed by atoms with Gasteiger partial charge in [-0.2, -0.15) is 17.6 Å². The van der Waals surface area contributed by atoms with E-state index in [1.807, 2.05) is 0 Å². The lowest BCUT2D eigenvalue weighted by molar-refractivity contribution is -0.352. The summed E-state index contributed by atoms with van der Waals surface area (Å²) in [6.07, 6.45) is -6.88. The summed E-state index contributed by atoms with van der Waals surface area (Å²) in [5.74, 6) is -4.35. The Morgan fingerprint density at radius 3 is 1.92 bits per heavy atom. The molecule has 0 bridgehead atoms. The van der Waals surface area contributed by atoms with Gasteiger partial charge in [0.2, 0.25) is 0 Å². The van der Waals surface area contributed by atoms with E-state index in [0.717, 1.165) is 0 Å². The van der Waals surface area contributed by atoms with E-state index >= 15 is 0 Å². The average Bonchev–Trinajstić information content (AvgIpc) is 1.81. The van der Waals surface area contributed by atoms with Crippen LogP contribution in [0.2, 0.25) is 0 Å². The zero-order valence-electron chi connectivity index (χ0n) is 6.10. The topological polar surface area (TPSA) is 49.7 Å². The molecule has 0 saturated heterocycles. The third-order valence-corrected chi connectivity index (χ3v) is 0.925. The molecule has 0 radical (unpaired) electrons. The lowest BCUT2D eigenvalue weighted by Gasteiger charge is -2.22. The molecule has 3 nitrogen and oxygen atoms in total. The van der Waals surface area contributed by atoms with Gasteiger partial charge in [0.15, 0.2) is 6.29 Å². The van der Waals surface area contributed by atoms with E-state index in [1.54, 1.807) is 0 Å². The van der Waals surface area contributed by atoms with Crippen molar-refractivity contribution in [2.45, 2.75) is 25.2 Å². The van der Waals surface area contributed by atoms with Crippen molar-refractivity contribution in [1.29, 1.82) is 0 Å². The zero-order valence-corrected chi connectivity index (χ0v) is 6.10. The SMILES string of the molecule is CC(F)(F)C(F)(F)OCC(O)O. The van der Waals surface area contributed by atoms with Crippen LogP contribution in [0, 0.1) is 0 Å². The number of hydrogen-bond acceptors (Lipinski definition) is 3. The standard InChI is InChI=1S/C5H8F4O3/c1-4(6,7)5(8,9)12-2-3(10)11/h3,10-11H,2H2,1H3. The number of aliphatic hydroxyl groups is 2. The molecule has 0 heterocycles. The van der Waals surface area contributed by atoms with Crippen molar-refractivity contribution < 1.29 is 32.5 Å². The summed E-state index contributed by atoms with van der Waals surface area (Å²) in [6, 6.07) is 0. The largest absolute Gasteiger partial charge is 0.419 e. The Morgan fingerprint density at radius 1 is 1.25 bits per heavy atom. The molecular weight excluding hydrogens is 184 g/mol. The van der Waals surface area contributed by atoms with Gasteiger partial charge in [-0.05, 0) is 0 Å². The van der Waals surface area contributed by atoms with Crippen LogP contribution in [0.5, 0.6) is 0 Å². The first kappa shape index (κ1) is 11.6. The van der Waals surface area contributed by atoms with Crippen molar-refractivity contribution in [3.63, 3.8) is 0 Å². The van der Waals surface area contributed by atoms with Crippen molar-refractivity contribution in [3.05, 3.63) is 0 Å². The van der Waals surface area contributed by atoms with E-state index in [0.29, 0.717) is 0 Å². The van der Waals surface area contributed by atoms with E-state index in [2.05, 4.69) is 4.74 Å². The molecule has 0 atom stereocenters. The highest BCUT2D eigenvalue weighted by Crippen LogP contribution is 2.34. The van der Waals surface area contributed by atoms with Crippen molar-refractivity contribution >= 4 is 0 Å². The second-order valence-electron chi connectivity index (χ2n) is 2.20. The van der Waals surface area contributed by atoms with Crippen LogP contribution in [0.3, 0.4) is 0 Å². The maximum atomic E-state index is 12.1. The first-order valence-corrected chi connectivity index (χ1v) is 2.92. The van der Waals surface area contributed by atoms with E-state index in [1.165, 1.54) is 0 Å². The van der Waals surface area contributed by atoms with Crippen LogP contribution in [-0.4, -0.2) is 35.1 Å². The summed E-state index contributed by atoms with van der Waals surface area (Å²) in [5.41, 5.74) is 0. The van der Waals surface area contributed by atoms with E-state index in [-0.39, 0.29) is 6.92 Å². The van der Waals surface area contributed by atoms with Crippen LogP contribution in [0.1, 0.15) is 6.92 Å². The van der Waals surface area contributed by atoms with E-state index < -0.39 is 24.9 Å². The van der Waals surface area contributed by atoms with Crippen molar-refractivity contribution in [2.75, 3.05) is 6.61 Å². The summed E-state index contributed by atoms with van der Waals surface area (Å²) in [7, 11) is 0. The van der Waals surface area contributed by atoms with E-state index in [9.17, 15) is 17.6 Å². The lowest BCUT2D eigenvalue weighted by Crippen LogP contribution is -2.41. The van der Waals surface area contributed by atoms with Gasteiger partial charge in [0.25, 0.3) is 0 Å². The quantitative estimate of drug-likeness (QED) is 0.505. The van der Waals surface area contributed by atoms with Gasteiger partial charge in [0, 0.05) is 6.92 Å². The predicted octanol–water partition coefficient (Wildman–Crippen LogP) is 0.562. The highest BCUT2D eigenvalue weighted by atomic mass is 19.3. The Kier molecular flexibility index (Phi) is 3.43. The van der Waals surface area contributed by atoms with Gasteiger partial charge >= 0.3 is 12.0 Å². The van der Waals surface area contributed by atoms with Crippen LogP contribution in [0.15, 0.2) is 0 Å².